The van der Waals surface area contributed by atoms with Gasteiger partial charge in [0.25, 0.3) is 5.89 Å². The summed E-state index contributed by atoms with van der Waals surface area (Å²) in [4.78, 5) is 18.0. The van der Waals surface area contributed by atoms with Crippen molar-refractivity contribution in [2.75, 3.05) is 0 Å². The van der Waals surface area contributed by atoms with Crippen LogP contribution in [-0.4, -0.2) is 26.2 Å². The van der Waals surface area contributed by atoms with Crippen LogP contribution >= 0.6 is 0 Å². The molecule has 0 aliphatic carbocycles. The number of carbonyl (C=O) groups is 1. The molecule has 3 rings (SSSR count). The molecule has 2 heterocycles. The van der Waals surface area contributed by atoms with Gasteiger partial charge in [-0.15, -0.1) is 0 Å². The Morgan fingerprint density at radius 2 is 2.14 bits per heavy atom. The van der Waals surface area contributed by atoms with Crippen molar-refractivity contribution in [3.63, 3.8) is 0 Å². The summed E-state index contributed by atoms with van der Waals surface area (Å²) in [5.74, 6) is 0.323. The van der Waals surface area contributed by atoms with Crippen LogP contribution in [0.3, 0.4) is 0 Å². The lowest BCUT2D eigenvalue weighted by atomic mass is 10.2. The molecule has 2 N–H and O–H groups in total. The van der Waals surface area contributed by atoms with Crippen LogP contribution in [0.5, 0.6) is 0 Å². The molecule has 1 aromatic carbocycles. The van der Waals surface area contributed by atoms with Gasteiger partial charge in [-0.25, -0.2) is 0 Å². The zero-order valence-corrected chi connectivity index (χ0v) is 11.4. The van der Waals surface area contributed by atoms with E-state index in [4.69, 9.17) is 9.63 Å². The van der Waals surface area contributed by atoms with Gasteiger partial charge in [-0.3, -0.25) is 4.79 Å². The Kier molecular flexibility index (Phi) is 3.68. The quantitative estimate of drug-likeness (QED) is 0.679. The van der Waals surface area contributed by atoms with Crippen molar-refractivity contribution in [1.82, 2.24) is 15.1 Å². The number of carboxylic acids is 1. The van der Waals surface area contributed by atoms with Crippen molar-refractivity contribution in [2.45, 2.75) is 25.7 Å². The number of aryl methyl sites for hydroxylation is 1. The van der Waals surface area contributed by atoms with E-state index in [-0.39, 0.29) is 6.42 Å². The molecule has 108 valence electrons. The standard InChI is InChI=1S/C15H15N3O3/c19-14(20)8-4-3-7-13-17-15(21-18-13)11-9-16-12-6-2-1-5-10(11)12/h1-2,5-6,9,16H,3-4,7-8H2,(H,19,20). The summed E-state index contributed by atoms with van der Waals surface area (Å²) in [6.45, 7) is 0. The molecule has 0 spiro atoms. The summed E-state index contributed by atoms with van der Waals surface area (Å²) >= 11 is 0. The Morgan fingerprint density at radius 3 is 3.00 bits per heavy atom. The highest BCUT2D eigenvalue weighted by Gasteiger charge is 2.13. The van der Waals surface area contributed by atoms with Crippen molar-refractivity contribution < 1.29 is 14.4 Å². The van der Waals surface area contributed by atoms with Crippen molar-refractivity contribution in [1.29, 1.82) is 0 Å². The van der Waals surface area contributed by atoms with Crippen LogP contribution in [-0.2, 0) is 11.2 Å². The third kappa shape index (κ3) is 2.94. The molecule has 3 aromatic rings. The number of para-hydroxylation sites is 1. The summed E-state index contributed by atoms with van der Waals surface area (Å²) in [5, 5.41) is 13.6. The molecule has 6 heteroatoms. The first-order chi connectivity index (χ1) is 10.2. The molecule has 6 nitrogen and oxygen atoms in total. The lowest BCUT2D eigenvalue weighted by Crippen LogP contribution is -1.95. The van der Waals surface area contributed by atoms with Gasteiger partial charge in [0.1, 0.15) is 0 Å². The number of H-pyrrole nitrogens is 1. The minimum atomic E-state index is -0.775. The Hall–Kier alpha value is -2.63. The number of unbranched alkanes of at least 4 members (excludes halogenated alkanes) is 1. The molecular formula is C15H15N3O3. The van der Waals surface area contributed by atoms with E-state index in [1.165, 1.54) is 0 Å². The Morgan fingerprint density at radius 1 is 1.29 bits per heavy atom. The fraction of sp³-hybridized carbons (Fsp3) is 0.267. The van der Waals surface area contributed by atoms with Gasteiger partial charge >= 0.3 is 5.97 Å². The Bertz CT molecular complexity index is 760. The van der Waals surface area contributed by atoms with Gasteiger partial charge in [-0.05, 0) is 18.9 Å². The molecule has 0 aliphatic rings. The third-order valence-corrected chi connectivity index (χ3v) is 3.33. The van der Waals surface area contributed by atoms with Crippen LogP contribution < -0.4 is 0 Å². The average Bonchev–Trinajstić information content (AvgIpc) is 3.09. The molecule has 0 atom stereocenters. The maximum Gasteiger partial charge on any atom is 0.303 e. The van der Waals surface area contributed by atoms with E-state index in [2.05, 4.69) is 15.1 Å². The highest BCUT2D eigenvalue weighted by atomic mass is 16.5. The zero-order valence-electron chi connectivity index (χ0n) is 11.4. The van der Waals surface area contributed by atoms with Gasteiger partial charge in [0.05, 0.1) is 5.56 Å². The lowest BCUT2D eigenvalue weighted by molar-refractivity contribution is -0.137. The molecule has 0 bridgehead atoms. The van der Waals surface area contributed by atoms with Crippen molar-refractivity contribution in [2.24, 2.45) is 0 Å². The number of aliphatic carboxylic acids is 1. The highest BCUT2D eigenvalue weighted by Crippen LogP contribution is 2.27. The van der Waals surface area contributed by atoms with Crippen LogP contribution in [0.25, 0.3) is 22.4 Å². The number of hydrogen-bond acceptors (Lipinski definition) is 4. The summed E-state index contributed by atoms with van der Waals surface area (Å²) in [5.41, 5.74) is 1.91. The van der Waals surface area contributed by atoms with E-state index < -0.39 is 5.97 Å². The van der Waals surface area contributed by atoms with E-state index in [0.717, 1.165) is 22.9 Å². The highest BCUT2D eigenvalue weighted by molar-refractivity contribution is 5.93. The number of benzene rings is 1. The molecule has 0 saturated carbocycles. The number of nitrogens with one attached hydrogen (secondary N) is 1. The average molecular weight is 285 g/mol. The van der Waals surface area contributed by atoms with E-state index in [1.54, 1.807) is 0 Å². The monoisotopic (exact) mass is 285 g/mol. The minimum absolute atomic E-state index is 0.174. The van der Waals surface area contributed by atoms with Gasteiger partial charge in [0.2, 0.25) is 0 Å². The molecule has 2 aromatic heterocycles. The van der Waals surface area contributed by atoms with E-state index >= 15 is 0 Å². The topological polar surface area (TPSA) is 92.0 Å². The largest absolute Gasteiger partial charge is 0.481 e. The predicted molar refractivity (Wildman–Crippen MR) is 76.8 cm³/mol. The van der Waals surface area contributed by atoms with E-state index in [9.17, 15) is 4.79 Å². The summed E-state index contributed by atoms with van der Waals surface area (Å²) in [6.07, 6.45) is 4.00. The number of nitrogens with zero attached hydrogens (tertiary/aromatic N) is 2. The number of fused-ring (bicyclic) bond motifs is 1. The van der Waals surface area contributed by atoms with Crippen molar-refractivity contribution >= 4 is 16.9 Å². The number of rotatable bonds is 6. The normalized spacial score (nSPS) is 11.0. The molecular weight excluding hydrogens is 270 g/mol. The first-order valence-corrected chi connectivity index (χ1v) is 6.85. The second-order valence-corrected chi connectivity index (χ2v) is 4.86. The van der Waals surface area contributed by atoms with Gasteiger partial charge in [0.15, 0.2) is 5.82 Å². The predicted octanol–water partition coefficient (Wildman–Crippen LogP) is 3.02. The Balaban J connectivity index is 1.71. The molecule has 0 saturated heterocycles. The summed E-state index contributed by atoms with van der Waals surface area (Å²) in [7, 11) is 0. The molecule has 0 fully saturated rings. The summed E-state index contributed by atoms with van der Waals surface area (Å²) in [6, 6.07) is 7.91. The molecule has 0 aliphatic heterocycles. The van der Waals surface area contributed by atoms with E-state index in [0.29, 0.717) is 24.6 Å². The second kappa shape index (κ2) is 5.78. The fourth-order valence-corrected chi connectivity index (χ4v) is 2.27. The first kappa shape index (κ1) is 13.4. The van der Waals surface area contributed by atoms with Gasteiger partial charge in [-0.2, -0.15) is 4.98 Å². The molecule has 21 heavy (non-hydrogen) atoms. The van der Waals surface area contributed by atoms with Crippen molar-refractivity contribution in [3.05, 3.63) is 36.3 Å². The number of aromatic amines is 1. The SMILES string of the molecule is O=C(O)CCCCc1noc(-c2c[nH]c3ccccc23)n1. The molecule has 0 unspecified atom stereocenters. The van der Waals surface area contributed by atoms with Crippen molar-refractivity contribution in [3.8, 4) is 11.5 Å². The number of carboxylic acid groups (broad SMARTS) is 1. The van der Waals surface area contributed by atoms with E-state index in [1.807, 2.05) is 30.5 Å². The Labute approximate surface area is 120 Å². The maximum atomic E-state index is 10.4. The van der Waals surface area contributed by atoms with Crippen LogP contribution in [0.4, 0.5) is 0 Å². The van der Waals surface area contributed by atoms with Crippen LogP contribution in [0, 0.1) is 0 Å². The molecule has 0 radical (unpaired) electrons. The number of aromatic nitrogens is 3. The van der Waals surface area contributed by atoms with Crippen LogP contribution in [0.1, 0.15) is 25.1 Å². The molecule has 0 amide bonds. The first-order valence-electron chi connectivity index (χ1n) is 6.85. The van der Waals surface area contributed by atoms with Gasteiger partial charge < -0.3 is 14.6 Å². The second-order valence-electron chi connectivity index (χ2n) is 4.86. The van der Waals surface area contributed by atoms with Crippen LogP contribution in [0.2, 0.25) is 0 Å². The smallest absolute Gasteiger partial charge is 0.303 e. The van der Waals surface area contributed by atoms with Gasteiger partial charge in [0, 0.05) is 29.9 Å². The zero-order chi connectivity index (χ0) is 14.7. The summed E-state index contributed by atoms with van der Waals surface area (Å²) < 4.78 is 5.30. The van der Waals surface area contributed by atoms with Gasteiger partial charge in [-0.1, -0.05) is 23.4 Å². The lowest BCUT2D eigenvalue weighted by Gasteiger charge is -1.93. The minimum Gasteiger partial charge on any atom is -0.481 e. The fourth-order valence-electron chi connectivity index (χ4n) is 2.27. The number of hydrogen-bond donors (Lipinski definition) is 2. The third-order valence-electron chi connectivity index (χ3n) is 3.33. The van der Waals surface area contributed by atoms with Crippen LogP contribution in [0.15, 0.2) is 35.0 Å². The maximum absolute atomic E-state index is 10.4.